The van der Waals surface area contributed by atoms with Gasteiger partial charge in [-0.25, -0.2) is 9.78 Å². The van der Waals surface area contributed by atoms with E-state index in [1.54, 1.807) is 60.0 Å². The summed E-state index contributed by atoms with van der Waals surface area (Å²) in [5.74, 6) is 0.981. The maximum Gasteiger partial charge on any atom is 0.322 e. The zero-order chi connectivity index (χ0) is 24.4. The average Bonchev–Trinajstić information content (AvgIpc) is 3.33. The van der Waals surface area contributed by atoms with E-state index in [1.807, 2.05) is 6.92 Å². The summed E-state index contributed by atoms with van der Waals surface area (Å²) in [5.41, 5.74) is 0.615. The fourth-order valence-electron chi connectivity index (χ4n) is 3.72. The summed E-state index contributed by atoms with van der Waals surface area (Å²) in [6, 6.07) is 12.3. The van der Waals surface area contributed by atoms with Crippen LogP contribution in [0.2, 0.25) is 15.1 Å². The zero-order valence-electron chi connectivity index (χ0n) is 18.4. The number of carbonyl (C=O) groups excluding carboxylic acids is 1. The smallest absolute Gasteiger partial charge is 0.322 e. The molecule has 1 atom stereocenters. The highest BCUT2D eigenvalue weighted by Crippen LogP contribution is 2.31. The number of hydrogen-bond acceptors (Lipinski definition) is 4. The maximum absolute atomic E-state index is 13.5. The van der Waals surface area contributed by atoms with Crippen LogP contribution in [-0.2, 0) is 13.1 Å². The van der Waals surface area contributed by atoms with Gasteiger partial charge >= 0.3 is 6.03 Å². The van der Waals surface area contributed by atoms with Crippen LogP contribution in [0.5, 0.6) is 0 Å². The number of fused-ring (bicyclic) bond motifs is 1. The van der Waals surface area contributed by atoms with Crippen molar-refractivity contribution in [2.45, 2.75) is 33.0 Å². The average molecular weight is 520 g/mol. The fourth-order valence-corrected chi connectivity index (χ4v) is 4.23. The minimum Gasteiger partial charge on any atom is -0.467 e. The number of aromatic nitrogens is 2. The lowest BCUT2D eigenvalue weighted by Gasteiger charge is -2.30. The highest BCUT2D eigenvalue weighted by Gasteiger charge is 2.27. The molecule has 1 N–H and O–H groups in total. The maximum atomic E-state index is 13.5. The van der Waals surface area contributed by atoms with Gasteiger partial charge in [-0.15, -0.1) is 0 Å². The molecule has 0 bridgehead atoms. The van der Waals surface area contributed by atoms with Crippen LogP contribution in [0.25, 0.3) is 10.9 Å². The molecular formula is C24H21Cl3N4O3. The summed E-state index contributed by atoms with van der Waals surface area (Å²) >= 11 is 18.5. The third kappa shape index (κ3) is 4.78. The summed E-state index contributed by atoms with van der Waals surface area (Å²) < 4.78 is 7.04. The van der Waals surface area contributed by atoms with E-state index in [1.165, 1.54) is 11.2 Å². The largest absolute Gasteiger partial charge is 0.467 e. The first kappa shape index (κ1) is 24.1. The monoisotopic (exact) mass is 518 g/mol. The Morgan fingerprint density at radius 1 is 1.18 bits per heavy atom. The molecule has 0 saturated heterocycles. The van der Waals surface area contributed by atoms with E-state index in [2.05, 4.69) is 5.32 Å². The second-order valence-electron chi connectivity index (χ2n) is 7.60. The molecule has 0 aliphatic heterocycles. The molecular weight excluding hydrogens is 499 g/mol. The second-order valence-corrected chi connectivity index (χ2v) is 8.82. The van der Waals surface area contributed by atoms with Crippen LogP contribution >= 0.6 is 34.8 Å². The number of benzene rings is 2. The van der Waals surface area contributed by atoms with Crippen LogP contribution in [0.1, 0.15) is 31.5 Å². The molecule has 0 spiro atoms. The fraction of sp³-hybridized carbons (Fsp3) is 0.208. The summed E-state index contributed by atoms with van der Waals surface area (Å²) in [6.45, 7) is 4.15. The van der Waals surface area contributed by atoms with Crippen LogP contribution in [0.4, 0.5) is 10.5 Å². The molecule has 0 saturated carbocycles. The molecule has 2 aromatic carbocycles. The first-order valence-corrected chi connectivity index (χ1v) is 11.7. The molecule has 0 aliphatic rings. The quantitative estimate of drug-likeness (QED) is 0.305. The molecule has 2 heterocycles. The van der Waals surface area contributed by atoms with Gasteiger partial charge < -0.3 is 14.6 Å². The van der Waals surface area contributed by atoms with Gasteiger partial charge in [-0.3, -0.25) is 9.36 Å². The minimum atomic E-state index is -0.612. The summed E-state index contributed by atoms with van der Waals surface area (Å²) in [5, 5.41) is 4.27. The number of halogens is 3. The van der Waals surface area contributed by atoms with Crippen LogP contribution < -0.4 is 10.9 Å². The van der Waals surface area contributed by atoms with Gasteiger partial charge in [0, 0.05) is 11.6 Å². The number of rotatable bonds is 6. The van der Waals surface area contributed by atoms with Crippen molar-refractivity contribution in [3.05, 3.63) is 91.8 Å². The van der Waals surface area contributed by atoms with Gasteiger partial charge in [-0.05, 0) is 56.3 Å². The second kappa shape index (κ2) is 10.1. The number of nitrogens with one attached hydrogen (secondary N) is 1. The Hall–Kier alpha value is -3.00. The van der Waals surface area contributed by atoms with Gasteiger partial charge in [0.2, 0.25) is 0 Å². The number of furan rings is 1. The number of hydrogen-bond donors (Lipinski definition) is 1. The Kier molecular flexibility index (Phi) is 7.16. The van der Waals surface area contributed by atoms with Gasteiger partial charge in [0.15, 0.2) is 0 Å². The van der Waals surface area contributed by atoms with E-state index in [0.717, 1.165) is 0 Å². The predicted molar refractivity (Wildman–Crippen MR) is 135 cm³/mol. The van der Waals surface area contributed by atoms with Gasteiger partial charge in [0.25, 0.3) is 5.56 Å². The first-order chi connectivity index (χ1) is 16.3. The molecule has 0 aliphatic carbocycles. The van der Waals surface area contributed by atoms with Crippen molar-refractivity contribution in [3.8, 4) is 0 Å². The molecule has 1 unspecified atom stereocenters. The van der Waals surface area contributed by atoms with E-state index in [-0.39, 0.29) is 17.1 Å². The van der Waals surface area contributed by atoms with Crippen LogP contribution in [0.15, 0.2) is 64.0 Å². The van der Waals surface area contributed by atoms with E-state index < -0.39 is 12.1 Å². The van der Waals surface area contributed by atoms with Crippen molar-refractivity contribution in [1.29, 1.82) is 0 Å². The number of carbonyl (C=O) groups is 1. The van der Waals surface area contributed by atoms with E-state index in [9.17, 15) is 9.59 Å². The van der Waals surface area contributed by atoms with Crippen molar-refractivity contribution in [2.24, 2.45) is 0 Å². The highest BCUT2D eigenvalue weighted by atomic mass is 35.5. The molecule has 4 aromatic rings. The number of amides is 2. The minimum absolute atomic E-state index is 0.130. The standard InChI is InChI=1S/C24H21Cl3N4O3/c1-3-30-22(28-20-12-15(25)9-10-17(20)23(30)32)14(2)31(13-16-6-5-11-34-16)24(33)29-19-8-4-7-18(26)21(19)27/h4-12,14H,3,13H2,1-2H3,(H,29,33). The lowest BCUT2D eigenvalue weighted by molar-refractivity contribution is 0.178. The first-order valence-electron chi connectivity index (χ1n) is 10.5. The Morgan fingerprint density at radius 2 is 1.97 bits per heavy atom. The summed E-state index contributed by atoms with van der Waals surface area (Å²) in [4.78, 5) is 32.9. The van der Waals surface area contributed by atoms with Crippen molar-refractivity contribution in [1.82, 2.24) is 14.5 Å². The van der Waals surface area contributed by atoms with Gasteiger partial charge in [-0.2, -0.15) is 0 Å². The number of anilines is 1. The molecule has 10 heteroatoms. The zero-order valence-corrected chi connectivity index (χ0v) is 20.7. The van der Waals surface area contributed by atoms with Gasteiger partial charge in [0.1, 0.15) is 11.6 Å². The predicted octanol–water partition coefficient (Wildman–Crippen LogP) is 6.76. The Balaban J connectivity index is 1.78. The summed E-state index contributed by atoms with van der Waals surface area (Å²) in [6.07, 6.45) is 1.53. The Labute approximate surface area is 210 Å². The lowest BCUT2D eigenvalue weighted by Crippen LogP contribution is -2.39. The van der Waals surface area contributed by atoms with Crippen molar-refractivity contribution in [2.75, 3.05) is 5.32 Å². The molecule has 2 aromatic heterocycles. The molecule has 34 heavy (non-hydrogen) atoms. The van der Waals surface area contributed by atoms with Gasteiger partial charge in [0.05, 0.1) is 45.5 Å². The Bertz CT molecular complexity index is 1400. The van der Waals surface area contributed by atoms with Crippen molar-refractivity contribution >= 4 is 57.4 Å². The molecule has 2 amide bonds. The van der Waals surface area contributed by atoms with E-state index in [4.69, 9.17) is 44.2 Å². The van der Waals surface area contributed by atoms with E-state index >= 15 is 0 Å². The van der Waals surface area contributed by atoms with E-state index in [0.29, 0.717) is 44.8 Å². The van der Waals surface area contributed by atoms with Gasteiger partial charge in [-0.1, -0.05) is 40.9 Å². The van der Waals surface area contributed by atoms with Crippen molar-refractivity contribution in [3.63, 3.8) is 0 Å². The van der Waals surface area contributed by atoms with Crippen molar-refractivity contribution < 1.29 is 9.21 Å². The SMILES string of the molecule is CCn1c(C(C)N(Cc2ccco2)C(=O)Nc2cccc(Cl)c2Cl)nc2cc(Cl)ccc2c1=O. The highest BCUT2D eigenvalue weighted by molar-refractivity contribution is 6.44. The van der Waals surface area contributed by atoms with Crippen LogP contribution in [0, 0.1) is 0 Å². The number of urea groups is 1. The summed E-state index contributed by atoms with van der Waals surface area (Å²) in [7, 11) is 0. The Morgan fingerprint density at radius 3 is 2.68 bits per heavy atom. The molecule has 176 valence electrons. The topological polar surface area (TPSA) is 80.4 Å². The third-order valence-corrected chi connectivity index (χ3v) is 6.52. The molecule has 7 nitrogen and oxygen atoms in total. The molecule has 0 fully saturated rings. The van der Waals surface area contributed by atoms with Crippen LogP contribution in [0.3, 0.4) is 0 Å². The van der Waals surface area contributed by atoms with Crippen LogP contribution in [-0.4, -0.2) is 20.5 Å². The molecule has 4 rings (SSSR count). The third-order valence-electron chi connectivity index (χ3n) is 5.46. The number of nitrogens with zero attached hydrogens (tertiary/aromatic N) is 3. The molecule has 0 radical (unpaired) electrons. The lowest BCUT2D eigenvalue weighted by atomic mass is 10.2. The normalized spacial score (nSPS) is 12.0.